The summed E-state index contributed by atoms with van der Waals surface area (Å²) in [6, 6.07) is 70.4. The van der Waals surface area contributed by atoms with Crippen LogP contribution in [0.5, 0.6) is 0 Å². The highest BCUT2D eigenvalue weighted by molar-refractivity contribution is 6.21. The van der Waals surface area contributed by atoms with Crippen molar-refractivity contribution in [2.45, 2.75) is 0 Å². The normalized spacial score (nSPS) is 11.6. The van der Waals surface area contributed by atoms with E-state index in [1.165, 1.54) is 70.9 Å². The minimum Gasteiger partial charge on any atom is -0.309 e. The number of hydrogen-bond acceptors (Lipinski definition) is 1. The monoisotopic (exact) mass is 636 g/mol. The van der Waals surface area contributed by atoms with Gasteiger partial charge in [0.15, 0.2) is 0 Å². The first-order chi connectivity index (χ1) is 24.8. The van der Waals surface area contributed by atoms with E-state index in [1.54, 1.807) is 0 Å². The van der Waals surface area contributed by atoms with Crippen molar-refractivity contribution in [2.75, 3.05) is 4.90 Å². The second-order valence-corrected chi connectivity index (χ2v) is 12.9. The van der Waals surface area contributed by atoms with Crippen molar-refractivity contribution in [1.29, 1.82) is 0 Å². The SMILES string of the molecule is c1ccc(-n2c3ccccc3c3c4ccccc4ccc32)c(-c2ccc(N(c3cccc4ccccc34)c3cccc4ccccc34)cc2)c1. The molecule has 1 heterocycles. The van der Waals surface area contributed by atoms with Crippen molar-refractivity contribution in [1.82, 2.24) is 4.57 Å². The van der Waals surface area contributed by atoms with Gasteiger partial charge in [0.1, 0.15) is 0 Å². The van der Waals surface area contributed by atoms with Crippen LogP contribution < -0.4 is 4.90 Å². The lowest BCUT2D eigenvalue weighted by Gasteiger charge is -2.28. The molecule has 0 fully saturated rings. The van der Waals surface area contributed by atoms with Crippen LogP contribution >= 0.6 is 0 Å². The number of nitrogens with zero attached hydrogens (tertiary/aromatic N) is 2. The average Bonchev–Trinajstić information content (AvgIpc) is 3.53. The molecule has 2 nitrogen and oxygen atoms in total. The highest BCUT2D eigenvalue weighted by atomic mass is 15.1. The summed E-state index contributed by atoms with van der Waals surface area (Å²) in [5.41, 5.74) is 9.39. The lowest BCUT2D eigenvalue weighted by molar-refractivity contribution is 1.18. The average molecular weight is 637 g/mol. The molecule has 2 heteroatoms. The minimum atomic E-state index is 1.11. The molecule has 234 valence electrons. The van der Waals surface area contributed by atoms with Gasteiger partial charge in [-0.05, 0) is 69.6 Å². The van der Waals surface area contributed by atoms with E-state index in [1.807, 2.05) is 0 Å². The maximum absolute atomic E-state index is 2.44. The number of hydrogen-bond donors (Lipinski definition) is 0. The number of anilines is 3. The summed E-state index contributed by atoms with van der Waals surface area (Å²) < 4.78 is 2.44. The summed E-state index contributed by atoms with van der Waals surface area (Å²) in [5, 5.41) is 9.99. The third-order valence-electron chi connectivity index (χ3n) is 10.2. The van der Waals surface area contributed by atoms with Crippen LogP contribution in [0.15, 0.2) is 194 Å². The highest BCUT2D eigenvalue weighted by Crippen LogP contribution is 2.43. The zero-order valence-corrected chi connectivity index (χ0v) is 27.4. The van der Waals surface area contributed by atoms with Crippen LogP contribution in [0.3, 0.4) is 0 Å². The molecule has 0 aliphatic heterocycles. The van der Waals surface area contributed by atoms with E-state index in [4.69, 9.17) is 0 Å². The molecular weight excluding hydrogens is 605 g/mol. The van der Waals surface area contributed by atoms with Gasteiger partial charge in [-0.3, -0.25) is 0 Å². The van der Waals surface area contributed by atoms with Crippen molar-refractivity contribution < 1.29 is 0 Å². The van der Waals surface area contributed by atoms with Crippen LogP contribution in [0.1, 0.15) is 0 Å². The molecular formula is C48H32N2. The van der Waals surface area contributed by atoms with E-state index >= 15 is 0 Å². The molecule has 0 amide bonds. The Morgan fingerprint density at radius 3 is 1.54 bits per heavy atom. The van der Waals surface area contributed by atoms with Crippen molar-refractivity contribution in [3.8, 4) is 16.8 Å². The lowest BCUT2D eigenvalue weighted by Crippen LogP contribution is -2.11. The van der Waals surface area contributed by atoms with Gasteiger partial charge in [-0.1, -0.05) is 152 Å². The van der Waals surface area contributed by atoms with Crippen molar-refractivity contribution in [2.24, 2.45) is 0 Å². The Morgan fingerprint density at radius 2 is 0.860 bits per heavy atom. The van der Waals surface area contributed by atoms with E-state index in [-0.39, 0.29) is 0 Å². The molecule has 0 spiro atoms. The Bertz CT molecular complexity index is 2790. The first-order valence-corrected chi connectivity index (χ1v) is 17.2. The van der Waals surface area contributed by atoms with Gasteiger partial charge in [0.2, 0.25) is 0 Å². The van der Waals surface area contributed by atoms with Gasteiger partial charge in [0.05, 0.1) is 28.1 Å². The molecule has 0 unspecified atom stereocenters. The predicted octanol–water partition coefficient (Wildman–Crippen LogP) is 13.4. The van der Waals surface area contributed by atoms with Gasteiger partial charge < -0.3 is 9.47 Å². The molecule has 0 aliphatic rings. The number of fused-ring (bicyclic) bond motifs is 7. The number of rotatable bonds is 5. The number of aromatic nitrogens is 1. The second kappa shape index (κ2) is 11.5. The van der Waals surface area contributed by atoms with Crippen molar-refractivity contribution in [3.05, 3.63) is 194 Å². The molecule has 50 heavy (non-hydrogen) atoms. The first-order valence-electron chi connectivity index (χ1n) is 17.2. The number of benzene rings is 9. The fourth-order valence-electron chi connectivity index (χ4n) is 7.92. The molecule has 0 atom stereocenters. The quantitative estimate of drug-likeness (QED) is 0.182. The van der Waals surface area contributed by atoms with Crippen LogP contribution in [-0.2, 0) is 0 Å². The van der Waals surface area contributed by atoms with Gasteiger partial charge >= 0.3 is 0 Å². The van der Waals surface area contributed by atoms with Gasteiger partial charge in [0, 0.05) is 32.8 Å². The van der Waals surface area contributed by atoms with Gasteiger partial charge in [-0.15, -0.1) is 0 Å². The molecule has 0 radical (unpaired) electrons. The fourth-order valence-corrected chi connectivity index (χ4v) is 7.92. The van der Waals surface area contributed by atoms with E-state index in [0.29, 0.717) is 0 Å². The summed E-state index contributed by atoms with van der Waals surface area (Å²) in [6.07, 6.45) is 0. The smallest absolute Gasteiger partial charge is 0.0547 e. The molecule has 10 rings (SSSR count). The third kappa shape index (κ3) is 4.43. The Morgan fingerprint density at radius 1 is 0.340 bits per heavy atom. The molecule has 0 saturated heterocycles. The summed E-state index contributed by atoms with van der Waals surface area (Å²) in [6.45, 7) is 0. The minimum absolute atomic E-state index is 1.11. The lowest BCUT2D eigenvalue weighted by atomic mass is 10.0. The van der Waals surface area contributed by atoms with Gasteiger partial charge in [-0.25, -0.2) is 0 Å². The maximum atomic E-state index is 2.44. The van der Waals surface area contributed by atoms with Gasteiger partial charge in [0.25, 0.3) is 0 Å². The third-order valence-corrected chi connectivity index (χ3v) is 10.2. The highest BCUT2D eigenvalue weighted by Gasteiger charge is 2.20. The standard InChI is InChI=1S/C48H32N2/c1-4-18-38-33(13-1)16-11-25-43(38)49(44-26-12-17-34-14-2-5-19-39(34)44)37-30-27-36(28-31-37)40-20-7-9-23-45(40)50-46-24-10-8-22-42(46)48-41-21-6-3-15-35(41)29-32-47(48)50/h1-32H. The van der Waals surface area contributed by atoms with Crippen molar-refractivity contribution >= 4 is 71.2 Å². The fraction of sp³-hybridized carbons (Fsp3) is 0. The Kier molecular flexibility index (Phi) is 6.53. The van der Waals surface area contributed by atoms with E-state index < -0.39 is 0 Å². The molecule has 0 N–H and O–H groups in total. The van der Waals surface area contributed by atoms with Crippen LogP contribution in [0.2, 0.25) is 0 Å². The van der Waals surface area contributed by atoms with Gasteiger partial charge in [-0.2, -0.15) is 0 Å². The Labute approximate surface area is 290 Å². The van der Waals surface area contributed by atoms with E-state index in [2.05, 4.69) is 204 Å². The topological polar surface area (TPSA) is 8.17 Å². The molecule has 0 aliphatic carbocycles. The van der Waals surface area contributed by atoms with Crippen LogP contribution in [0, 0.1) is 0 Å². The Balaban J connectivity index is 1.16. The molecule has 10 aromatic rings. The summed E-state index contributed by atoms with van der Waals surface area (Å²) in [7, 11) is 0. The molecule has 0 bridgehead atoms. The predicted molar refractivity (Wildman–Crippen MR) is 213 cm³/mol. The zero-order chi connectivity index (χ0) is 33.0. The molecule has 0 saturated carbocycles. The van der Waals surface area contributed by atoms with Crippen LogP contribution in [0.25, 0.3) is 70.9 Å². The van der Waals surface area contributed by atoms with Crippen molar-refractivity contribution in [3.63, 3.8) is 0 Å². The number of para-hydroxylation sites is 2. The second-order valence-electron chi connectivity index (χ2n) is 12.9. The van der Waals surface area contributed by atoms with E-state index in [0.717, 1.165) is 17.1 Å². The maximum Gasteiger partial charge on any atom is 0.0547 e. The molecule has 9 aromatic carbocycles. The Hall–Kier alpha value is -6.64. The van der Waals surface area contributed by atoms with E-state index in [9.17, 15) is 0 Å². The molecule has 1 aromatic heterocycles. The zero-order valence-electron chi connectivity index (χ0n) is 27.4. The van der Waals surface area contributed by atoms with Crippen LogP contribution in [0.4, 0.5) is 17.1 Å². The summed E-state index contributed by atoms with van der Waals surface area (Å²) in [4.78, 5) is 2.42. The summed E-state index contributed by atoms with van der Waals surface area (Å²) in [5.74, 6) is 0. The largest absolute Gasteiger partial charge is 0.309 e. The first kappa shape index (κ1) is 28.4. The summed E-state index contributed by atoms with van der Waals surface area (Å²) >= 11 is 0. The van der Waals surface area contributed by atoms with Crippen LogP contribution in [-0.4, -0.2) is 4.57 Å².